The first-order valence-electron chi connectivity index (χ1n) is 4.22. The average molecular weight is 177 g/mol. The molecule has 4 nitrogen and oxygen atoms in total. The van der Waals surface area contributed by atoms with Crippen LogP contribution in [0.15, 0.2) is 0 Å². The molecule has 0 heterocycles. The Labute approximate surface area is 73.5 Å². The molecule has 0 aliphatic carbocycles. The Morgan fingerprint density at radius 3 is 2.58 bits per heavy atom. The van der Waals surface area contributed by atoms with Gasteiger partial charge >= 0.3 is 0 Å². The third kappa shape index (κ3) is 6.54. The van der Waals surface area contributed by atoms with Crippen LogP contribution in [0.2, 0.25) is 0 Å². The van der Waals surface area contributed by atoms with Crippen molar-refractivity contribution in [2.24, 2.45) is 0 Å². The van der Waals surface area contributed by atoms with E-state index in [1.807, 2.05) is 0 Å². The van der Waals surface area contributed by atoms with Crippen LogP contribution >= 0.6 is 0 Å². The number of hydrogen-bond acceptors (Lipinski definition) is 4. The fraction of sp³-hybridized carbons (Fsp3) is 1.00. The molecule has 0 amide bonds. The average Bonchev–Trinajstić information content (AvgIpc) is 2.01. The van der Waals surface area contributed by atoms with Gasteiger partial charge in [-0.25, -0.2) is 0 Å². The molecule has 0 fully saturated rings. The maximum absolute atomic E-state index is 8.97. The molecule has 0 aliphatic rings. The Morgan fingerprint density at radius 2 is 2.17 bits per heavy atom. The lowest BCUT2D eigenvalue weighted by atomic mass is 10.2. The number of aliphatic hydroxyl groups excluding tert-OH is 2. The van der Waals surface area contributed by atoms with Crippen molar-refractivity contribution >= 4 is 0 Å². The molecule has 0 aliphatic heterocycles. The van der Waals surface area contributed by atoms with Crippen LogP contribution in [0.5, 0.6) is 0 Å². The smallest absolute Gasteiger partial charge is 0.0636 e. The minimum Gasteiger partial charge on any atom is -0.396 e. The number of methoxy groups -OCH3 is 1. The molecule has 0 aromatic rings. The molecular weight excluding hydrogens is 158 g/mol. The highest BCUT2D eigenvalue weighted by Crippen LogP contribution is 1.92. The first kappa shape index (κ1) is 11.8. The van der Waals surface area contributed by atoms with Gasteiger partial charge in [0, 0.05) is 26.3 Å². The van der Waals surface area contributed by atoms with E-state index in [-0.39, 0.29) is 18.8 Å². The van der Waals surface area contributed by atoms with Crippen LogP contribution in [0.25, 0.3) is 0 Å². The minimum absolute atomic E-state index is 0.134. The number of aliphatic hydroxyl groups is 2. The number of rotatable bonds is 7. The summed E-state index contributed by atoms with van der Waals surface area (Å²) in [7, 11) is 1.62. The van der Waals surface area contributed by atoms with Crippen LogP contribution in [-0.2, 0) is 4.74 Å². The first-order valence-corrected chi connectivity index (χ1v) is 4.22. The monoisotopic (exact) mass is 177 g/mol. The molecule has 0 aromatic carbocycles. The number of ether oxygens (including phenoxy) is 1. The lowest BCUT2D eigenvalue weighted by Gasteiger charge is -2.17. The van der Waals surface area contributed by atoms with Gasteiger partial charge in [0.15, 0.2) is 0 Å². The molecule has 4 heteroatoms. The Bertz CT molecular complexity index is 92.3. The van der Waals surface area contributed by atoms with Gasteiger partial charge in [0.2, 0.25) is 0 Å². The van der Waals surface area contributed by atoms with Crippen LogP contribution in [0, 0.1) is 0 Å². The van der Waals surface area contributed by atoms with Crippen molar-refractivity contribution in [2.75, 3.05) is 26.9 Å². The number of nitrogens with one attached hydrogen (secondary N) is 1. The third-order valence-electron chi connectivity index (χ3n) is 1.55. The predicted molar refractivity (Wildman–Crippen MR) is 47.1 cm³/mol. The van der Waals surface area contributed by atoms with E-state index < -0.39 is 0 Å². The Kier molecular flexibility index (Phi) is 7.39. The second-order valence-electron chi connectivity index (χ2n) is 2.92. The van der Waals surface area contributed by atoms with Gasteiger partial charge in [-0.1, -0.05) is 0 Å². The largest absolute Gasteiger partial charge is 0.396 e. The summed E-state index contributed by atoms with van der Waals surface area (Å²) in [6, 6.07) is 0.134. The van der Waals surface area contributed by atoms with Crippen molar-refractivity contribution in [3.63, 3.8) is 0 Å². The van der Waals surface area contributed by atoms with E-state index >= 15 is 0 Å². The third-order valence-corrected chi connectivity index (χ3v) is 1.55. The Morgan fingerprint density at radius 1 is 1.50 bits per heavy atom. The lowest BCUT2D eigenvalue weighted by molar-refractivity contribution is 0.132. The summed E-state index contributed by atoms with van der Waals surface area (Å²) in [5, 5.41) is 20.7. The summed E-state index contributed by atoms with van der Waals surface area (Å²) in [5.41, 5.74) is 0. The van der Waals surface area contributed by atoms with E-state index in [0.29, 0.717) is 19.6 Å². The van der Waals surface area contributed by atoms with Gasteiger partial charge in [-0.2, -0.15) is 0 Å². The van der Waals surface area contributed by atoms with E-state index in [4.69, 9.17) is 14.9 Å². The fourth-order valence-electron chi connectivity index (χ4n) is 0.939. The van der Waals surface area contributed by atoms with Crippen LogP contribution in [0.4, 0.5) is 0 Å². The zero-order valence-corrected chi connectivity index (χ0v) is 7.79. The Hall–Kier alpha value is -0.160. The van der Waals surface area contributed by atoms with Gasteiger partial charge in [-0.15, -0.1) is 0 Å². The fourth-order valence-corrected chi connectivity index (χ4v) is 0.939. The number of hydrogen-bond donors (Lipinski definition) is 3. The van der Waals surface area contributed by atoms with Gasteiger partial charge in [0.25, 0.3) is 0 Å². The molecule has 1 unspecified atom stereocenters. The summed E-state index contributed by atoms with van der Waals surface area (Å²) in [4.78, 5) is 0. The van der Waals surface area contributed by atoms with Crippen LogP contribution in [-0.4, -0.2) is 49.2 Å². The van der Waals surface area contributed by atoms with E-state index in [0.717, 1.165) is 0 Å². The SMILES string of the molecule is COCC(CCO)NC[C@@H](C)O. The Balaban J connectivity index is 3.48. The highest BCUT2D eigenvalue weighted by Gasteiger charge is 2.07. The summed E-state index contributed by atoms with van der Waals surface area (Å²) in [5.74, 6) is 0. The maximum Gasteiger partial charge on any atom is 0.0636 e. The summed E-state index contributed by atoms with van der Waals surface area (Å²) in [6.45, 7) is 2.96. The summed E-state index contributed by atoms with van der Waals surface area (Å²) >= 11 is 0. The van der Waals surface area contributed by atoms with E-state index in [9.17, 15) is 0 Å². The molecule has 2 atom stereocenters. The summed E-state index contributed by atoms with van der Waals surface area (Å²) < 4.78 is 4.93. The predicted octanol–water partition coefficient (Wildman–Crippen LogP) is -0.646. The molecule has 0 bridgehead atoms. The maximum atomic E-state index is 8.97. The standard InChI is InChI=1S/C8H19NO3/c1-7(11)5-9-8(3-4-10)6-12-2/h7-11H,3-6H2,1-2H3/t7-,8?/m1/s1. The molecule has 0 saturated carbocycles. The van der Waals surface area contributed by atoms with Crippen molar-refractivity contribution < 1.29 is 14.9 Å². The lowest BCUT2D eigenvalue weighted by Crippen LogP contribution is -2.38. The normalized spacial score (nSPS) is 16.0. The van der Waals surface area contributed by atoms with E-state index in [2.05, 4.69) is 5.32 Å². The van der Waals surface area contributed by atoms with Crippen molar-refractivity contribution in [2.45, 2.75) is 25.5 Å². The molecule has 0 spiro atoms. The zero-order chi connectivity index (χ0) is 9.40. The van der Waals surface area contributed by atoms with E-state index in [1.54, 1.807) is 14.0 Å². The second-order valence-corrected chi connectivity index (χ2v) is 2.92. The molecule has 0 saturated heterocycles. The van der Waals surface area contributed by atoms with Gasteiger partial charge in [0.1, 0.15) is 0 Å². The van der Waals surface area contributed by atoms with Crippen LogP contribution < -0.4 is 5.32 Å². The minimum atomic E-state index is -0.358. The van der Waals surface area contributed by atoms with Crippen molar-refractivity contribution in [3.05, 3.63) is 0 Å². The van der Waals surface area contributed by atoms with Crippen LogP contribution in [0.1, 0.15) is 13.3 Å². The zero-order valence-electron chi connectivity index (χ0n) is 7.79. The van der Waals surface area contributed by atoms with Crippen LogP contribution in [0.3, 0.4) is 0 Å². The molecule has 0 aromatic heterocycles. The molecule has 12 heavy (non-hydrogen) atoms. The van der Waals surface area contributed by atoms with Gasteiger partial charge in [-0.3, -0.25) is 0 Å². The second kappa shape index (κ2) is 7.49. The van der Waals surface area contributed by atoms with Gasteiger partial charge in [0.05, 0.1) is 12.7 Å². The molecule has 74 valence electrons. The summed E-state index contributed by atoms with van der Waals surface area (Å²) in [6.07, 6.45) is 0.295. The van der Waals surface area contributed by atoms with Crippen molar-refractivity contribution in [1.82, 2.24) is 5.32 Å². The molecule has 0 rings (SSSR count). The quantitative estimate of drug-likeness (QED) is 0.484. The molecule has 3 N–H and O–H groups in total. The molecule has 0 radical (unpaired) electrons. The highest BCUT2D eigenvalue weighted by molar-refractivity contribution is 4.66. The topological polar surface area (TPSA) is 61.7 Å². The van der Waals surface area contributed by atoms with Gasteiger partial charge in [-0.05, 0) is 13.3 Å². The van der Waals surface area contributed by atoms with Gasteiger partial charge < -0.3 is 20.3 Å². The molecular formula is C8H19NO3. The van der Waals surface area contributed by atoms with E-state index in [1.165, 1.54) is 0 Å². The van der Waals surface area contributed by atoms with Crippen molar-refractivity contribution in [1.29, 1.82) is 0 Å². The van der Waals surface area contributed by atoms with Crippen molar-refractivity contribution in [3.8, 4) is 0 Å². The highest BCUT2D eigenvalue weighted by atomic mass is 16.5. The first-order chi connectivity index (χ1) is 5.70.